The Morgan fingerprint density at radius 3 is 2.32 bits per heavy atom. The molecule has 2 aromatic heterocycles. The maximum atomic E-state index is 12.9. The number of pyridine rings is 2. The molecule has 184 valence electrons. The maximum absolute atomic E-state index is 12.9. The van der Waals surface area contributed by atoms with Gasteiger partial charge in [0.05, 0.1) is 17.8 Å². The van der Waals surface area contributed by atoms with Crippen LogP contribution in [0.5, 0.6) is 0 Å². The van der Waals surface area contributed by atoms with Gasteiger partial charge in [0.2, 0.25) is 5.91 Å². The first-order valence-corrected chi connectivity index (χ1v) is 11.7. The number of piperidine rings is 2. The number of nitrogens with zero attached hydrogens (tertiary/aromatic N) is 4. The lowest BCUT2D eigenvalue weighted by Gasteiger charge is -2.33. The van der Waals surface area contributed by atoms with Gasteiger partial charge in [-0.1, -0.05) is 6.07 Å². The zero-order valence-corrected chi connectivity index (χ0v) is 19.3. The summed E-state index contributed by atoms with van der Waals surface area (Å²) in [4.78, 5) is 25.3. The lowest BCUT2D eigenvalue weighted by atomic mass is 9.96. The minimum absolute atomic E-state index is 0.0802. The minimum atomic E-state index is -4.12. The van der Waals surface area contributed by atoms with Gasteiger partial charge in [0.25, 0.3) is 0 Å². The third kappa shape index (κ3) is 6.37. The van der Waals surface area contributed by atoms with Crippen molar-refractivity contribution in [3.63, 3.8) is 0 Å². The van der Waals surface area contributed by atoms with E-state index in [1.165, 1.54) is 0 Å². The Labute approximate surface area is 197 Å². The largest absolute Gasteiger partial charge is 0.391 e. The molecule has 2 N–H and O–H groups in total. The first-order chi connectivity index (χ1) is 16.3. The molecule has 0 aliphatic carbocycles. The molecular formula is C24H31F3N6O. The van der Waals surface area contributed by atoms with Crippen molar-refractivity contribution in [2.45, 2.75) is 38.4 Å². The number of alkyl halides is 3. The van der Waals surface area contributed by atoms with Gasteiger partial charge in [-0.3, -0.25) is 4.79 Å². The topological polar surface area (TPSA) is 73.4 Å². The summed E-state index contributed by atoms with van der Waals surface area (Å²) in [5, 5.41) is 6.18. The van der Waals surface area contributed by atoms with Crippen LogP contribution >= 0.6 is 0 Å². The number of nitrogens with one attached hydrogen (secondary N) is 2. The third-order valence-electron chi connectivity index (χ3n) is 6.68. The molecule has 10 heteroatoms. The minimum Gasteiger partial charge on any atom is -0.357 e. The van der Waals surface area contributed by atoms with Crippen molar-refractivity contribution in [2.75, 3.05) is 43.4 Å². The second-order valence-electron chi connectivity index (χ2n) is 9.18. The molecule has 4 rings (SSSR count). The smallest absolute Gasteiger partial charge is 0.357 e. The van der Waals surface area contributed by atoms with Crippen LogP contribution in [-0.2, 0) is 11.3 Å². The number of halogens is 3. The Balaban J connectivity index is 1.24. The fourth-order valence-electron chi connectivity index (χ4n) is 4.44. The van der Waals surface area contributed by atoms with E-state index in [9.17, 15) is 18.0 Å². The molecule has 0 atom stereocenters. The Hall–Kier alpha value is -2.88. The van der Waals surface area contributed by atoms with E-state index in [-0.39, 0.29) is 24.7 Å². The van der Waals surface area contributed by atoms with Crippen LogP contribution in [0.1, 0.15) is 31.2 Å². The van der Waals surface area contributed by atoms with Gasteiger partial charge >= 0.3 is 6.18 Å². The molecule has 4 heterocycles. The van der Waals surface area contributed by atoms with Crippen LogP contribution in [0.15, 0.2) is 36.7 Å². The molecule has 2 fully saturated rings. The number of carbonyl (C=O) groups is 1. The van der Waals surface area contributed by atoms with E-state index in [0.717, 1.165) is 37.2 Å². The molecule has 0 unspecified atom stereocenters. The Morgan fingerprint density at radius 1 is 1.00 bits per heavy atom. The summed E-state index contributed by atoms with van der Waals surface area (Å²) in [6, 6.07) is 7.41. The molecular weight excluding hydrogens is 445 g/mol. The van der Waals surface area contributed by atoms with E-state index in [4.69, 9.17) is 0 Å². The quantitative estimate of drug-likeness (QED) is 0.658. The lowest BCUT2D eigenvalue weighted by molar-refractivity contribution is -0.179. The molecule has 34 heavy (non-hydrogen) atoms. The summed E-state index contributed by atoms with van der Waals surface area (Å²) >= 11 is 0. The van der Waals surface area contributed by atoms with Crippen LogP contribution in [0.4, 0.5) is 30.5 Å². The summed E-state index contributed by atoms with van der Waals surface area (Å²) < 4.78 is 38.6. The number of hydrogen-bond acceptors (Lipinski definition) is 6. The predicted octanol–water partition coefficient (Wildman–Crippen LogP) is 3.96. The van der Waals surface area contributed by atoms with E-state index in [2.05, 4.69) is 32.5 Å². The average Bonchev–Trinajstić information content (AvgIpc) is 2.84. The van der Waals surface area contributed by atoms with E-state index in [0.29, 0.717) is 31.3 Å². The van der Waals surface area contributed by atoms with Gasteiger partial charge in [-0.15, -0.1) is 0 Å². The first kappa shape index (κ1) is 24.3. The van der Waals surface area contributed by atoms with Crippen LogP contribution < -0.4 is 15.5 Å². The van der Waals surface area contributed by atoms with Crippen LogP contribution in [0, 0.1) is 11.8 Å². The van der Waals surface area contributed by atoms with E-state index < -0.39 is 12.1 Å². The molecule has 0 radical (unpaired) electrons. The molecule has 1 amide bonds. The first-order valence-electron chi connectivity index (χ1n) is 11.7. The molecule has 0 saturated carbocycles. The van der Waals surface area contributed by atoms with Crippen molar-refractivity contribution in [3.05, 3.63) is 42.2 Å². The van der Waals surface area contributed by atoms with E-state index in [1.807, 2.05) is 29.2 Å². The Kier molecular flexibility index (Phi) is 7.55. The van der Waals surface area contributed by atoms with Crippen molar-refractivity contribution in [1.82, 2.24) is 20.2 Å². The summed E-state index contributed by atoms with van der Waals surface area (Å²) in [6.45, 7) is 3.04. The van der Waals surface area contributed by atoms with Crippen molar-refractivity contribution >= 4 is 23.2 Å². The van der Waals surface area contributed by atoms with Gasteiger partial charge in [-0.2, -0.15) is 13.2 Å². The summed E-state index contributed by atoms with van der Waals surface area (Å²) in [5.41, 5.74) is 1.66. The molecule has 7 nitrogen and oxygen atoms in total. The van der Waals surface area contributed by atoms with E-state index in [1.54, 1.807) is 12.4 Å². The predicted molar refractivity (Wildman–Crippen MR) is 125 cm³/mol. The zero-order chi connectivity index (χ0) is 24.1. The Bertz CT molecular complexity index is 935. The number of aromatic nitrogens is 2. The summed E-state index contributed by atoms with van der Waals surface area (Å²) in [7, 11) is 2.07. The average molecular weight is 477 g/mol. The fraction of sp³-hybridized carbons (Fsp3) is 0.542. The van der Waals surface area contributed by atoms with Crippen molar-refractivity contribution in [3.8, 4) is 0 Å². The highest BCUT2D eigenvalue weighted by Crippen LogP contribution is 2.35. The molecule has 0 bridgehead atoms. The highest BCUT2D eigenvalue weighted by Gasteiger charge is 2.41. The molecule has 2 aliphatic heterocycles. The normalized spacial score (nSPS) is 18.6. The second kappa shape index (κ2) is 10.6. The van der Waals surface area contributed by atoms with Crippen molar-refractivity contribution in [2.24, 2.45) is 11.8 Å². The van der Waals surface area contributed by atoms with Crippen molar-refractivity contribution < 1.29 is 18.0 Å². The van der Waals surface area contributed by atoms with Crippen LogP contribution in [0.25, 0.3) is 0 Å². The standard InChI is InChI=1S/C24H31F3N6O/c1-32-10-6-18(7-11-32)23(34)30-15-17-2-4-21(28-14-17)31-20-3-5-22(29-16-20)33-12-8-19(9-13-33)24(25,26)27/h2-5,14,16,18-19H,6-13,15H2,1H3,(H,28,31)(H,30,34). The molecule has 0 spiro atoms. The molecule has 2 aromatic rings. The van der Waals surface area contributed by atoms with Crippen LogP contribution in [-0.4, -0.2) is 60.2 Å². The number of amides is 1. The van der Waals surface area contributed by atoms with Crippen molar-refractivity contribution in [1.29, 1.82) is 0 Å². The Morgan fingerprint density at radius 2 is 1.74 bits per heavy atom. The summed E-state index contributed by atoms with van der Waals surface area (Å²) in [6.07, 6.45) is 1.24. The highest BCUT2D eigenvalue weighted by atomic mass is 19.4. The third-order valence-corrected chi connectivity index (χ3v) is 6.68. The zero-order valence-electron chi connectivity index (χ0n) is 19.3. The maximum Gasteiger partial charge on any atom is 0.391 e. The molecule has 2 saturated heterocycles. The van der Waals surface area contributed by atoms with E-state index >= 15 is 0 Å². The van der Waals surface area contributed by atoms with Gasteiger partial charge in [-0.25, -0.2) is 9.97 Å². The van der Waals surface area contributed by atoms with Gasteiger partial charge in [-0.05, 0) is 69.6 Å². The number of carbonyl (C=O) groups excluding carboxylic acids is 1. The molecule has 2 aliphatic rings. The van der Waals surface area contributed by atoms with Gasteiger partial charge in [0, 0.05) is 31.7 Å². The molecule has 0 aromatic carbocycles. The monoisotopic (exact) mass is 476 g/mol. The van der Waals surface area contributed by atoms with Gasteiger partial charge in [0.1, 0.15) is 11.6 Å². The highest BCUT2D eigenvalue weighted by molar-refractivity contribution is 5.78. The van der Waals surface area contributed by atoms with Gasteiger partial charge < -0.3 is 20.4 Å². The number of rotatable bonds is 6. The fourth-order valence-corrected chi connectivity index (χ4v) is 4.44. The number of likely N-dealkylation sites (tertiary alicyclic amines) is 1. The SMILES string of the molecule is CN1CCC(C(=O)NCc2ccc(Nc3ccc(N4CCC(C(F)(F)F)CC4)nc3)nc2)CC1. The van der Waals surface area contributed by atoms with Crippen LogP contribution in [0.3, 0.4) is 0 Å². The number of anilines is 3. The second-order valence-corrected chi connectivity index (χ2v) is 9.18. The van der Waals surface area contributed by atoms with Gasteiger partial charge in [0.15, 0.2) is 0 Å². The lowest BCUT2D eigenvalue weighted by Crippen LogP contribution is -2.39. The summed E-state index contributed by atoms with van der Waals surface area (Å²) in [5.74, 6) is 0.280. The van der Waals surface area contributed by atoms with Crippen LogP contribution in [0.2, 0.25) is 0 Å². The number of hydrogen-bond donors (Lipinski definition) is 2.